The van der Waals surface area contributed by atoms with Gasteiger partial charge in [-0.1, -0.05) is 27.7 Å². The van der Waals surface area contributed by atoms with Crippen molar-refractivity contribution in [2.24, 2.45) is 0 Å². The molecule has 0 amide bonds. The number of nitrogens with zero attached hydrogens (tertiary/aromatic N) is 1. The van der Waals surface area contributed by atoms with Crippen molar-refractivity contribution in [2.75, 3.05) is 13.6 Å². The first-order valence-corrected chi connectivity index (χ1v) is 5.06. The number of hydrogen-bond donors (Lipinski definition) is 0. The Labute approximate surface area is 77.0 Å². The molecule has 1 nitrogen and oxygen atoms in total. The average Bonchev–Trinajstić information content (AvgIpc) is 2.43. The van der Waals surface area contributed by atoms with Crippen molar-refractivity contribution in [3.05, 3.63) is 0 Å². The predicted octanol–water partition coefficient (Wildman–Crippen LogP) is 3.10. The summed E-state index contributed by atoms with van der Waals surface area (Å²) < 4.78 is 12.5. The highest BCUT2D eigenvalue weighted by atomic mass is 19.1. The van der Waals surface area contributed by atoms with Gasteiger partial charge in [0.25, 0.3) is 0 Å². The smallest absolute Gasteiger partial charge is 0.116 e. The van der Waals surface area contributed by atoms with E-state index in [0.29, 0.717) is 0 Å². The predicted molar refractivity (Wildman–Crippen MR) is 54.3 cm³/mol. The molecule has 12 heavy (non-hydrogen) atoms. The lowest BCUT2D eigenvalue weighted by molar-refractivity contribution is 0.239. The molecular formula is C10H24FN. The van der Waals surface area contributed by atoms with Crippen LogP contribution in [0.1, 0.15) is 41.0 Å². The summed E-state index contributed by atoms with van der Waals surface area (Å²) in [5.74, 6) is 0. The Morgan fingerprint density at radius 2 is 1.58 bits per heavy atom. The van der Waals surface area contributed by atoms with E-state index >= 15 is 0 Å². The van der Waals surface area contributed by atoms with Crippen molar-refractivity contribution in [1.29, 1.82) is 0 Å². The van der Waals surface area contributed by atoms with E-state index in [4.69, 9.17) is 0 Å². The molecule has 1 aliphatic heterocycles. The van der Waals surface area contributed by atoms with Gasteiger partial charge in [0.05, 0.1) is 0 Å². The van der Waals surface area contributed by atoms with Crippen molar-refractivity contribution in [3.8, 4) is 0 Å². The minimum absolute atomic E-state index is 0.148. The SMILES string of the molecule is CC.CC.CC1C(F)CCN1C. The normalized spacial score (nSPS) is 28.2. The highest BCUT2D eigenvalue weighted by molar-refractivity contribution is 4.80. The number of alkyl halides is 1. The zero-order chi connectivity index (χ0) is 10.1. The number of hydrogen-bond acceptors (Lipinski definition) is 1. The second-order valence-corrected chi connectivity index (χ2v) is 2.53. The van der Waals surface area contributed by atoms with Crippen LogP contribution in [-0.4, -0.2) is 30.7 Å². The lowest BCUT2D eigenvalue weighted by Crippen LogP contribution is -2.26. The zero-order valence-corrected chi connectivity index (χ0v) is 9.39. The molecule has 0 bridgehead atoms. The maximum absolute atomic E-state index is 12.5. The number of likely N-dealkylation sites (tertiary alicyclic amines) is 1. The Morgan fingerprint density at radius 1 is 1.17 bits per heavy atom. The molecule has 1 rings (SSSR count). The van der Waals surface area contributed by atoms with Crippen LogP contribution in [0.3, 0.4) is 0 Å². The third kappa shape index (κ3) is 4.70. The highest BCUT2D eigenvalue weighted by Crippen LogP contribution is 2.17. The fourth-order valence-corrected chi connectivity index (χ4v) is 1.05. The van der Waals surface area contributed by atoms with Gasteiger partial charge in [-0.3, -0.25) is 0 Å². The largest absolute Gasteiger partial charge is 0.301 e. The Kier molecular flexibility index (Phi) is 10.8. The number of halogens is 1. The van der Waals surface area contributed by atoms with Crippen LogP contribution >= 0.6 is 0 Å². The van der Waals surface area contributed by atoms with Crippen LogP contribution in [0, 0.1) is 0 Å². The van der Waals surface area contributed by atoms with Gasteiger partial charge in [0.2, 0.25) is 0 Å². The van der Waals surface area contributed by atoms with E-state index in [2.05, 4.69) is 0 Å². The van der Waals surface area contributed by atoms with Gasteiger partial charge < -0.3 is 4.90 Å². The van der Waals surface area contributed by atoms with E-state index in [-0.39, 0.29) is 6.04 Å². The molecule has 0 saturated carbocycles. The third-order valence-electron chi connectivity index (χ3n) is 1.98. The van der Waals surface area contributed by atoms with Crippen molar-refractivity contribution in [1.82, 2.24) is 4.90 Å². The van der Waals surface area contributed by atoms with Gasteiger partial charge in [0.1, 0.15) is 6.17 Å². The Hall–Kier alpha value is -0.110. The molecule has 0 aromatic rings. The van der Waals surface area contributed by atoms with E-state index in [1.807, 2.05) is 46.6 Å². The van der Waals surface area contributed by atoms with Crippen LogP contribution in [0.5, 0.6) is 0 Å². The van der Waals surface area contributed by atoms with E-state index in [9.17, 15) is 4.39 Å². The summed E-state index contributed by atoms with van der Waals surface area (Å²) in [5, 5.41) is 0. The van der Waals surface area contributed by atoms with Crippen molar-refractivity contribution >= 4 is 0 Å². The molecule has 1 aliphatic rings. The molecule has 2 atom stereocenters. The van der Waals surface area contributed by atoms with Crippen LogP contribution in [0.15, 0.2) is 0 Å². The molecule has 0 N–H and O–H groups in total. The summed E-state index contributed by atoms with van der Waals surface area (Å²) >= 11 is 0. The molecule has 0 aliphatic carbocycles. The molecule has 0 radical (unpaired) electrons. The van der Waals surface area contributed by atoms with Gasteiger partial charge in [-0.15, -0.1) is 0 Å². The van der Waals surface area contributed by atoms with E-state index in [1.165, 1.54) is 0 Å². The maximum atomic E-state index is 12.5. The quantitative estimate of drug-likeness (QED) is 0.549. The Bertz CT molecular complexity index is 75.9. The van der Waals surface area contributed by atoms with Gasteiger partial charge in [-0.2, -0.15) is 0 Å². The first kappa shape index (κ1) is 14.4. The van der Waals surface area contributed by atoms with Gasteiger partial charge in [0, 0.05) is 12.6 Å². The standard InChI is InChI=1S/C6H12FN.2C2H6/c1-5-6(7)3-4-8(5)2;2*1-2/h5-6H,3-4H2,1-2H3;2*1-2H3. The molecule has 0 aromatic carbocycles. The summed E-state index contributed by atoms with van der Waals surface area (Å²) in [5.41, 5.74) is 0. The summed E-state index contributed by atoms with van der Waals surface area (Å²) in [7, 11) is 1.96. The van der Waals surface area contributed by atoms with Crippen LogP contribution < -0.4 is 0 Å². The molecule has 1 saturated heterocycles. The fraction of sp³-hybridized carbons (Fsp3) is 1.00. The summed E-state index contributed by atoms with van der Waals surface area (Å²) in [6, 6.07) is 0.148. The third-order valence-corrected chi connectivity index (χ3v) is 1.98. The fourth-order valence-electron chi connectivity index (χ4n) is 1.05. The van der Waals surface area contributed by atoms with Crippen LogP contribution in [0.2, 0.25) is 0 Å². The molecule has 76 valence electrons. The minimum atomic E-state index is -0.583. The van der Waals surface area contributed by atoms with Gasteiger partial charge in [-0.05, 0) is 20.4 Å². The van der Waals surface area contributed by atoms with E-state index in [1.54, 1.807) is 0 Å². The van der Waals surface area contributed by atoms with Gasteiger partial charge in [0.15, 0.2) is 0 Å². The summed E-state index contributed by atoms with van der Waals surface area (Å²) in [4.78, 5) is 2.05. The van der Waals surface area contributed by atoms with Crippen molar-refractivity contribution in [2.45, 2.75) is 53.3 Å². The second-order valence-electron chi connectivity index (χ2n) is 2.53. The molecule has 1 heterocycles. The Balaban J connectivity index is 0. The molecule has 1 fully saturated rings. The van der Waals surface area contributed by atoms with Crippen LogP contribution in [-0.2, 0) is 0 Å². The van der Waals surface area contributed by atoms with Crippen LogP contribution in [0.25, 0.3) is 0 Å². The van der Waals surface area contributed by atoms with Gasteiger partial charge in [-0.25, -0.2) is 4.39 Å². The molecule has 0 aromatic heterocycles. The molecule has 2 heteroatoms. The molecule has 2 unspecified atom stereocenters. The summed E-state index contributed by atoms with van der Waals surface area (Å²) in [6.07, 6.45) is 0.137. The van der Waals surface area contributed by atoms with E-state index < -0.39 is 6.17 Å². The highest BCUT2D eigenvalue weighted by Gasteiger charge is 2.26. The number of rotatable bonds is 0. The van der Waals surface area contributed by atoms with Crippen molar-refractivity contribution in [3.63, 3.8) is 0 Å². The lowest BCUT2D eigenvalue weighted by atomic mass is 10.2. The topological polar surface area (TPSA) is 3.24 Å². The second kappa shape index (κ2) is 8.98. The maximum Gasteiger partial charge on any atom is 0.116 e. The van der Waals surface area contributed by atoms with Crippen LogP contribution in [0.4, 0.5) is 4.39 Å². The molecule has 0 spiro atoms. The monoisotopic (exact) mass is 177 g/mol. The zero-order valence-electron chi connectivity index (χ0n) is 9.39. The van der Waals surface area contributed by atoms with Crippen molar-refractivity contribution < 1.29 is 4.39 Å². The average molecular weight is 177 g/mol. The summed E-state index contributed by atoms with van der Waals surface area (Å²) in [6.45, 7) is 10.8. The first-order chi connectivity index (χ1) is 5.72. The lowest BCUT2D eigenvalue weighted by Gasteiger charge is -2.14. The molecular weight excluding hydrogens is 153 g/mol. The van der Waals surface area contributed by atoms with E-state index in [0.717, 1.165) is 13.0 Å². The minimum Gasteiger partial charge on any atom is -0.301 e. The van der Waals surface area contributed by atoms with Gasteiger partial charge >= 0.3 is 0 Å². The first-order valence-electron chi connectivity index (χ1n) is 5.06. The Morgan fingerprint density at radius 3 is 1.67 bits per heavy atom.